The predicted octanol–water partition coefficient (Wildman–Crippen LogP) is 1.18. The van der Waals surface area contributed by atoms with Crippen LogP contribution in [0.15, 0.2) is 30.3 Å². The molecule has 0 saturated heterocycles. The smallest absolute Gasteiger partial charge is 0.303 e. The van der Waals surface area contributed by atoms with Crippen molar-refractivity contribution in [1.29, 1.82) is 0 Å². The van der Waals surface area contributed by atoms with Crippen molar-refractivity contribution in [3.63, 3.8) is 0 Å². The molecule has 1 atom stereocenters. The average molecular weight is 292 g/mol. The SMILES string of the molecule is CC(NC(=O)c1ccccc1)C(=O)NCCCCC(=O)O. The van der Waals surface area contributed by atoms with Crippen LogP contribution in [0.3, 0.4) is 0 Å². The molecule has 2 amide bonds. The Morgan fingerprint density at radius 1 is 1.14 bits per heavy atom. The van der Waals surface area contributed by atoms with Gasteiger partial charge in [-0.25, -0.2) is 0 Å². The molecule has 0 aliphatic carbocycles. The van der Waals surface area contributed by atoms with Crippen LogP contribution in [0.5, 0.6) is 0 Å². The summed E-state index contributed by atoms with van der Waals surface area (Å²) in [7, 11) is 0. The molecule has 1 aromatic carbocycles. The normalized spacial score (nSPS) is 11.5. The lowest BCUT2D eigenvalue weighted by atomic mass is 10.2. The highest BCUT2D eigenvalue weighted by atomic mass is 16.4. The summed E-state index contributed by atoms with van der Waals surface area (Å²) in [5.41, 5.74) is 0.499. The van der Waals surface area contributed by atoms with Crippen molar-refractivity contribution in [3.8, 4) is 0 Å². The number of hydrogen-bond acceptors (Lipinski definition) is 3. The topological polar surface area (TPSA) is 95.5 Å². The van der Waals surface area contributed by atoms with Gasteiger partial charge in [0.25, 0.3) is 5.91 Å². The van der Waals surface area contributed by atoms with Gasteiger partial charge in [0, 0.05) is 18.5 Å². The monoisotopic (exact) mass is 292 g/mol. The van der Waals surface area contributed by atoms with Crippen LogP contribution >= 0.6 is 0 Å². The van der Waals surface area contributed by atoms with E-state index >= 15 is 0 Å². The zero-order chi connectivity index (χ0) is 15.7. The van der Waals surface area contributed by atoms with Gasteiger partial charge in [0.2, 0.25) is 5.91 Å². The van der Waals surface area contributed by atoms with Crippen molar-refractivity contribution in [2.45, 2.75) is 32.2 Å². The van der Waals surface area contributed by atoms with Gasteiger partial charge in [-0.3, -0.25) is 14.4 Å². The Balaban J connectivity index is 2.28. The molecule has 1 unspecified atom stereocenters. The van der Waals surface area contributed by atoms with Crippen LogP contribution in [-0.4, -0.2) is 35.5 Å². The number of unbranched alkanes of at least 4 members (excludes halogenated alkanes) is 1. The number of carboxylic acid groups (broad SMARTS) is 1. The molecular formula is C15H20N2O4. The Kier molecular flexibility index (Phi) is 6.94. The van der Waals surface area contributed by atoms with Gasteiger partial charge in [0.05, 0.1) is 0 Å². The molecule has 6 heteroatoms. The van der Waals surface area contributed by atoms with Gasteiger partial charge in [0.15, 0.2) is 0 Å². The molecule has 114 valence electrons. The van der Waals surface area contributed by atoms with E-state index in [-0.39, 0.29) is 18.2 Å². The summed E-state index contributed by atoms with van der Waals surface area (Å²) in [6.07, 6.45) is 1.20. The third kappa shape index (κ3) is 6.56. The molecule has 0 saturated carbocycles. The van der Waals surface area contributed by atoms with Crippen molar-refractivity contribution >= 4 is 17.8 Å². The van der Waals surface area contributed by atoms with Crippen LogP contribution < -0.4 is 10.6 Å². The fraction of sp³-hybridized carbons (Fsp3) is 0.400. The molecule has 0 aliphatic rings. The van der Waals surface area contributed by atoms with E-state index in [0.29, 0.717) is 24.9 Å². The summed E-state index contributed by atoms with van der Waals surface area (Å²) < 4.78 is 0. The minimum atomic E-state index is -0.843. The van der Waals surface area contributed by atoms with Gasteiger partial charge < -0.3 is 15.7 Å². The Morgan fingerprint density at radius 2 is 1.81 bits per heavy atom. The number of carbonyl (C=O) groups excluding carboxylic acids is 2. The van der Waals surface area contributed by atoms with Crippen molar-refractivity contribution < 1.29 is 19.5 Å². The fourth-order valence-corrected chi connectivity index (χ4v) is 1.70. The van der Waals surface area contributed by atoms with Crippen molar-refractivity contribution in [1.82, 2.24) is 10.6 Å². The Labute approximate surface area is 123 Å². The largest absolute Gasteiger partial charge is 0.481 e. The van der Waals surface area contributed by atoms with Gasteiger partial charge in [-0.05, 0) is 31.9 Å². The molecule has 0 heterocycles. The maximum atomic E-state index is 11.9. The van der Waals surface area contributed by atoms with Crippen LogP contribution in [0, 0.1) is 0 Å². The predicted molar refractivity (Wildman–Crippen MR) is 77.9 cm³/mol. The first kappa shape index (κ1) is 16.7. The number of hydrogen-bond donors (Lipinski definition) is 3. The van der Waals surface area contributed by atoms with E-state index in [1.165, 1.54) is 0 Å². The summed E-state index contributed by atoms with van der Waals surface area (Å²) in [4.78, 5) is 33.9. The van der Waals surface area contributed by atoms with Crippen LogP contribution in [0.2, 0.25) is 0 Å². The fourth-order valence-electron chi connectivity index (χ4n) is 1.70. The first-order chi connectivity index (χ1) is 10.0. The molecule has 3 N–H and O–H groups in total. The van der Waals surface area contributed by atoms with Crippen LogP contribution in [0.4, 0.5) is 0 Å². The van der Waals surface area contributed by atoms with Crippen molar-refractivity contribution in [2.24, 2.45) is 0 Å². The summed E-state index contributed by atoms with van der Waals surface area (Å²) in [6, 6.07) is 8.02. The first-order valence-electron chi connectivity index (χ1n) is 6.86. The van der Waals surface area contributed by atoms with Crippen molar-refractivity contribution in [2.75, 3.05) is 6.54 Å². The highest BCUT2D eigenvalue weighted by Gasteiger charge is 2.15. The van der Waals surface area contributed by atoms with Gasteiger partial charge in [0.1, 0.15) is 6.04 Å². The second kappa shape index (κ2) is 8.73. The van der Waals surface area contributed by atoms with E-state index in [4.69, 9.17) is 5.11 Å². The molecular weight excluding hydrogens is 272 g/mol. The first-order valence-corrected chi connectivity index (χ1v) is 6.86. The molecule has 0 fully saturated rings. The molecule has 1 rings (SSSR count). The molecule has 6 nitrogen and oxygen atoms in total. The number of amides is 2. The van der Waals surface area contributed by atoms with Gasteiger partial charge in [-0.1, -0.05) is 18.2 Å². The van der Waals surface area contributed by atoms with E-state index < -0.39 is 12.0 Å². The highest BCUT2D eigenvalue weighted by Crippen LogP contribution is 1.99. The number of aliphatic carboxylic acids is 1. The average Bonchev–Trinajstić information content (AvgIpc) is 2.47. The van der Waals surface area contributed by atoms with Crippen LogP contribution in [-0.2, 0) is 9.59 Å². The maximum Gasteiger partial charge on any atom is 0.303 e. The molecule has 21 heavy (non-hydrogen) atoms. The van der Waals surface area contributed by atoms with Crippen LogP contribution in [0.25, 0.3) is 0 Å². The Hall–Kier alpha value is -2.37. The zero-order valence-electron chi connectivity index (χ0n) is 12.0. The minimum Gasteiger partial charge on any atom is -0.481 e. The molecule has 1 aromatic rings. The third-order valence-corrected chi connectivity index (χ3v) is 2.89. The standard InChI is InChI=1S/C15H20N2O4/c1-11(14(20)16-10-6-5-9-13(18)19)17-15(21)12-7-3-2-4-8-12/h2-4,7-8,11H,5-6,9-10H2,1H3,(H,16,20)(H,17,21)(H,18,19). The number of rotatable bonds is 8. The molecule has 0 aliphatic heterocycles. The molecule has 0 radical (unpaired) electrons. The maximum absolute atomic E-state index is 11.9. The third-order valence-electron chi connectivity index (χ3n) is 2.89. The van der Waals surface area contributed by atoms with Crippen molar-refractivity contribution in [3.05, 3.63) is 35.9 Å². The summed E-state index contributed by atoms with van der Waals surface area (Å²) >= 11 is 0. The highest BCUT2D eigenvalue weighted by molar-refractivity contribution is 5.97. The van der Waals surface area contributed by atoms with E-state index in [0.717, 1.165) is 0 Å². The number of carboxylic acids is 1. The molecule has 0 spiro atoms. The van der Waals surface area contributed by atoms with E-state index in [1.54, 1.807) is 31.2 Å². The van der Waals surface area contributed by atoms with E-state index in [1.807, 2.05) is 6.07 Å². The lowest BCUT2D eigenvalue weighted by Gasteiger charge is -2.14. The number of carbonyl (C=O) groups is 3. The second-order valence-corrected chi connectivity index (χ2v) is 4.70. The van der Waals surface area contributed by atoms with Gasteiger partial charge >= 0.3 is 5.97 Å². The van der Waals surface area contributed by atoms with Crippen LogP contribution in [0.1, 0.15) is 36.5 Å². The van der Waals surface area contributed by atoms with Gasteiger partial charge in [-0.15, -0.1) is 0 Å². The second-order valence-electron chi connectivity index (χ2n) is 4.70. The van der Waals surface area contributed by atoms with E-state index in [2.05, 4.69) is 10.6 Å². The summed E-state index contributed by atoms with van der Waals surface area (Å²) in [6.45, 7) is 2.01. The number of benzene rings is 1. The van der Waals surface area contributed by atoms with E-state index in [9.17, 15) is 14.4 Å². The molecule has 0 bridgehead atoms. The Morgan fingerprint density at radius 3 is 2.43 bits per heavy atom. The Bertz CT molecular complexity index is 488. The quantitative estimate of drug-likeness (QED) is 0.627. The zero-order valence-corrected chi connectivity index (χ0v) is 12.0. The lowest BCUT2D eigenvalue weighted by molar-refractivity contribution is -0.137. The summed E-state index contributed by atoms with van der Waals surface area (Å²) in [5.74, 6) is -1.43. The number of nitrogens with one attached hydrogen (secondary N) is 2. The van der Waals surface area contributed by atoms with Gasteiger partial charge in [-0.2, -0.15) is 0 Å². The lowest BCUT2D eigenvalue weighted by Crippen LogP contribution is -2.45. The minimum absolute atomic E-state index is 0.0934. The molecule has 0 aromatic heterocycles. The summed E-state index contributed by atoms with van der Waals surface area (Å²) in [5, 5.41) is 13.8.